The monoisotopic (exact) mass is 350 g/mol. The lowest BCUT2D eigenvalue weighted by atomic mass is 9.85. The van der Waals surface area contributed by atoms with Gasteiger partial charge in [-0.1, -0.05) is 25.2 Å². The van der Waals surface area contributed by atoms with Crippen LogP contribution in [0.2, 0.25) is 0 Å². The molecule has 0 bridgehead atoms. The SMILES string of the molecule is CC[C@@]1(O)C(=O)OCc2c1cc1n(c2=O)CC2=CC3CC=CC=C3N=C21. The molecule has 0 aromatic carbocycles. The molecule has 4 heterocycles. The highest BCUT2D eigenvalue weighted by Gasteiger charge is 2.45. The maximum absolute atomic E-state index is 13.0. The molecule has 1 aromatic rings. The minimum Gasteiger partial charge on any atom is -0.458 e. The number of fused-ring (bicyclic) bond motifs is 5. The van der Waals surface area contributed by atoms with Crippen LogP contribution in [0, 0.1) is 5.92 Å². The van der Waals surface area contributed by atoms with Gasteiger partial charge in [0.2, 0.25) is 0 Å². The number of aliphatic hydroxyl groups is 1. The predicted molar refractivity (Wildman–Crippen MR) is 94.6 cm³/mol. The summed E-state index contributed by atoms with van der Waals surface area (Å²) in [5, 5.41) is 10.8. The van der Waals surface area contributed by atoms with Gasteiger partial charge in [0, 0.05) is 17.2 Å². The fourth-order valence-corrected chi connectivity index (χ4v) is 4.20. The number of esters is 1. The number of nitrogens with zero attached hydrogens (tertiary/aromatic N) is 2. The van der Waals surface area contributed by atoms with Gasteiger partial charge < -0.3 is 14.4 Å². The summed E-state index contributed by atoms with van der Waals surface area (Å²) in [5.41, 5.74) is 2.15. The Hall–Kier alpha value is -2.73. The molecule has 26 heavy (non-hydrogen) atoms. The zero-order valence-electron chi connectivity index (χ0n) is 14.4. The van der Waals surface area contributed by atoms with E-state index in [1.54, 1.807) is 17.6 Å². The van der Waals surface area contributed by atoms with E-state index in [-0.39, 0.29) is 24.5 Å². The molecule has 1 unspecified atom stereocenters. The zero-order chi connectivity index (χ0) is 18.1. The Balaban J connectivity index is 1.74. The third-order valence-corrected chi connectivity index (χ3v) is 5.73. The summed E-state index contributed by atoms with van der Waals surface area (Å²) >= 11 is 0. The van der Waals surface area contributed by atoms with Crippen molar-refractivity contribution in [2.75, 3.05) is 0 Å². The van der Waals surface area contributed by atoms with Gasteiger partial charge in [0.1, 0.15) is 6.61 Å². The van der Waals surface area contributed by atoms with Crippen molar-refractivity contribution in [1.82, 2.24) is 4.57 Å². The van der Waals surface area contributed by atoms with E-state index in [1.807, 2.05) is 12.2 Å². The molecular weight excluding hydrogens is 332 g/mol. The molecule has 1 aromatic heterocycles. The van der Waals surface area contributed by atoms with Crippen molar-refractivity contribution in [2.45, 2.75) is 38.5 Å². The number of carbonyl (C=O) groups excluding carboxylic acids is 1. The van der Waals surface area contributed by atoms with E-state index in [0.29, 0.717) is 23.4 Å². The van der Waals surface area contributed by atoms with Gasteiger partial charge >= 0.3 is 5.97 Å². The molecule has 3 aliphatic heterocycles. The molecule has 1 N–H and O–H groups in total. The van der Waals surface area contributed by atoms with Crippen LogP contribution < -0.4 is 5.56 Å². The lowest BCUT2D eigenvalue weighted by Gasteiger charge is -2.31. The number of rotatable bonds is 1. The van der Waals surface area contributed by atoms with Crippen LogP contribution >= 0.6 is 0 Å². The maximum Gasteiger partial charge on any atom is 0.343 e. The van der Waals surface area contributed by atoms with Gasteiger partial charge in [0.15, 0.2) is 5.60 Å². The summed E-state index contributed by atoms with van der Waals surface area (Å²) < 4.78 is 6.75. The quantitative estimate of drug-likeness (QED) is 0.782. The second-order valence-electron chi connectivity index (χ2n) is 7.12. The van der Waals surface area contributed by atoms with E-state index >= 15 is 0 Å². The Morgan fingerprint density at radius 1 is 1.42 bits per heavy atom. The first kappa shape index (κ1) is 15.5. The number of hydrogen-bond donors (Lipinski definition) is 1. The Kier molecular flexibility index (Phi) is 3.07. The average Bonchev–Trinajstić information content (AvgIpc) is 3.01. The van der Waals surface area contributed by atoms with Crippen LogP contribution in [0.5, 0.6) is 0 Å². The second-order valence-corrected chi connectivity index (χ2v) is 7.12. The first-order valence-corrected chi connectivity index (χ1v) is 8.86. The molecule has 1 aliphatic carbocycles. The van der Waals surface area contributed by atoms with Crippen LogP contribution in [0.1, 0.15) is 36.6 Å². The number of aromatic nitrogens is 1. The number of aliphatic imine (C=N–C) groups is 1. The molecule has 0 saturated carbocycles. The Bertz CT molecular complexity index is 1040. The van der Waals surface area contributed by atoms with Gasteiger partial charge in [-0.15, -0.1) is 0 Å². The van der Waals surface area contributed by atoms with Crippen LogP contribution in [0.4, 0.5) is 0 Å². The number of allylic oxidation sites excluding steroid dienone is 5. The smallest absolute Gasteiger partial charge is 0.343 e. The second kappa shape index (κ2) is 5.14. The summed E-state index contributed by atoms with van der Waals surface area (Å²) in [5.74, 6) is -0.452. The number of pyridine rings is 1. The van der Waals surface area contributed by atoms with Gasteiger partial charge in [-0.2, -0.15) is 0 Å². The number of cyclic esters (lactones) is 1. The molecule has 6 heteroatoms. The van der Waals surface area contributed by atoms with Crippen LogP contribution in [-0.4, -0.2) is 21.4 Å². The number of ether oxygens (including phenoxy) is 1. The molecule has 6 nitrogen and oxygen atoms in total. The summed E-state index contributed by atoms with van der Waals surface area (Å²) in [7, 11) is 0. The molecule has 5 rings (SSSR count). The normalized spacial score (nSPS) is 28.2. The van der Waals surface area contributed by atoms with Crippen molar-refractivity contribution < 1.29 is 14.6 Å². The molecule has 2 atom stereocenters. The molecule has 0 radical (unpaired) electrons. The van der Waals surface area contributed by atoms with Crippen LogP contribution in [0.25, 0.3) is 0 Å². The standard InChI is InChI=1S/C20H18N2O4/c1-2-20(25)14-8-16-17-12(7-11-5-3-4-6-15(11)21-17)9-22(16)18(23)13(14)10-26-19(20)24/h3-4,6-8,11,25H,2,5,9-10H2,1H3/t11?,20-/m0/s1. The third kappa shape index (κ3) is 1.88. The first-order valence-electron chi connectivity index (χ1n) is 8.86. The topological polar surface area (TPSA) is 80.9 Å². The fraction of sp³-hybridized carbons (Fsp3) is 0.350. The minimum absolute atomic E-state index is 0.0984. The number of hydrogen-bond acceptors (Lipinski definition) is 5. The van der Waals surface area contributed by atoms with Crippen molar-refractivity contribution in [3.05, 3.63) is 68.8 Å². The molecule has 0 spiro atoms. The molecular formula is C20H18N2O4. The highest BCUT2D eigenvalue weighted by molar-refractivity contribution is 6.14. The van der Waals surface area contributed by atoms with Crippen LogP contribution in [-0.2, 0) is 28.3 Å². The highest BCUT2D eigenvalue weighted by atomic mass is 16.6. The Morgan fingerprint density at radius 3 is 3.08 bits per heavy atom. The van der Waals surface area contributed by atoms with Gasteiger partial charge in [0.25, 0.3) is 5.56 Å². The Morgan fingerprint density at radius 2 is 2.27 bits per heavy atom. The van der Waals surface area contributed by atoms with Crippen molar-refractivity contribution in [3.8, 4) is 0 Å². The average molecular weight is 350 g/mol. The fourth-order valence-electron chi connectivity index (χ4n) is 4.20. The number of carbonyl (C=O) groups is 1. The largest absolute Gasteiger partial charge is 0.458 e. The van der Waals surface area contributed by atoms with Gasteiger partial charge in [-0.25, -0.2) is 4.79 Å². The molecule has 132 valence electrons. The highest BCUT2D eigenvalue weighted by Crippen LogP contribution is 2.37. The summed E-state index contributed by atoms with van der Waals surface area (Å²) in [6, 6.07) is 1.75. The van der Waals surface area contributed by atoms with E-state index in [1.165, 1.54) is 0 Å². The van der Waals surface area contributed by atoms with Crippen molar-refractivity contribution >= 4 is 11.7 Å². The van der Waals surface area contributed by atoms with Crippen LogP contribution in [0.15, 0.2) is 51.4 Å². The third-order valence-electron chi connectivity index (χ3n) is 5.73. The molecule has 0 amide bonds. The number of dihydropyridines is 1. The lowest BCUT2D eigenvalue weighted by molar-refractivity contribution is -0.172. The molecule has 0 fully saturated rings. The van der Waals surface area contributed by atoms with Crippen molar-refractivity contribution in [1.29, 1.82) is 0 Å². The maximum atomic E-state index is 13.0. The predicted octanol–water partition coefficient (Wildman–Crippen LogP) is 1.71. The van der Waals surface area contributed by atoms with Gasteiger partial charge in [-0.3, -0.25) is 9.79 Å². The molecule has 0 saturated heterocycles. The van der Waals surface area contributed by atoms with Crippen molar-refractivity contribution in [3.63, 3.8) is 0 Å². The minimum atomic E-state index is -1.78. The van der Waals surface area contributed by atoms with E-state index in [9.17, 15) is 14.7 Å². The summed E-state index contributed by atoms with van der Waals surface area (Å²) in [6.07, 6.45) is 9.34. The van der Waals surface area contributed by atoms with Crippen LogP contribution in [0.3, 0.4) is 0 Å². The van der Waals surface area contributed by atoms with E-state index in [0.717, 1.165) is 23.4 Å². The molecule has 4 aliphatic rings. The van der Waals surface area contributed by atoms with E-state index < -0.39 is 11.6 Å². The van der Waals surface area contributed by atoms with Gasteiger partial charge in [0.05, 0.1) is 23.5 Å². The zero-order valence-corrected chi connectivity index (χ0v) is 14.4. The lowest BCUT2D eigenvalue weighted by Crippen LogP contribution is -2.44. The Labute approximate surface area is 149 Å². The summed E-state index contributed by atoms with van der Waals surface area (Å²) in [6.45, 7) is 2.07. The van der Waals surface area contributed by atoms with Crippen molar-refractivity contribution in [2.24, 2.45) is 10.9 Å². The van der Waals surface area contributed by atoms with E-state index in [4.69, 9.17) is 9.73 Å². The van der Waals surface area contributed by atoms with E-state index in [2.05, 4.69) is 12.2 Å². The summed E-state index contributed by atoms with van der Waals surface area (Å²) in [4.78, 5) is 30.0. The first-order chi connectivity index (χ1) is 12.5. The van der Waals surface area contributed by atoms with Gasteiger partial charge in [-0.05, 0) is 30.6 Å².